The minimum absolute atomic E-state index is 0.0765. The smallest absolute Gasteiger partial charge is 0.257 e. The van der Waals surface area contributed by atoms with Gasteiger partial charge in [-0.05, 0) is 19.9 Å². The fraction of sp³-hybridized carbons (Fsp3) is 0.500. The van der Waals surface area contributed by atoms with Crippen LogP contribution >= 0.6 is 0 Å². The molecule has 2 rings (SSSR count). The third kappa shape index (κ3) is 2.60. The molecular formula is C12H18N4O2. The molecule has 0 saturated carbocycles. The summed E-state index contributed by atoms with van der Waals surface area (Å²) in [4.78, 5) is 18.1. The van der Waals surface area contributed by atoms with Gasteiger partial charge in [0.05, 0.1) is 23.5 Å². The quantitative estimate of drug-likeness (QED) is 0.594. The molecule has 1 aliphatic heterocycles. The highest BCUT2D eigenvalue weighted by molar-refractivity contribution is 5.99. The number of ether oxygens (including phenoxy) is 1. The molecule has 1 aliphatic rings. The van der Waals surface area contributed by atoms with Crippen molar-refractivity contribution in [3.05, 3.63) is 24.0 Å². The molecule has 0 radical (unpaired) electrons. The fourth-order valence-electron chi connectivity index (χ4n) is 2.05. The molecule has 3 N–H and O–H groups in total. The maximum Gasteiger partial charge on any atom is 0.257 e. The van der Waals surface area contributed by atoms with Crippen molar-refractivity contribution in [3.8, 4) is 0 Å². The number of carbonyl (C=O) groups is 1. The van der Waals surface area contributed by atoms with Crippen LogP contribution in [0.1, 0.15) is 24.2 Å². The molecule has 1 saturated heterocycles. The van der Waals surface area contributed by atoms with Crippen LogP contribution in [-0.2, 0) is 4.74 Å². The summed E-state index contributed by atoms with van der Waals surface area (Å²) >= 11 is 0. The summed E-state index contributed by atoms with van der Waals surface area (Å²) in [5.41, 5.74) is 3.27. The Labute approximate surface area is 106 Å². The van der Waals surface area contributed by atoms with Crippen molar-refractivity contribution in [2.45, 2.75) is 19.4 Å². The summed E-state index contributed by atoms with van der Waals surface area (Å²) in [6, 6.07) is 1.68. The third-order valence-corrected chi connectivity index (χ3v) is 2.92. The molecule has 6 nitrogen and oxygen atoms in total. The standard InChI is InChI=1S/C12H18N4O2/c1-12(2)8-16(5-6-18-12)11(17)9-7-14-4-3-10(9)15-13/h3-4,7H,5-6,8,13H2,1-2H3,(H,14,15). The minimum atomic E-state index is -0.313. The van der Waals surface area contributed by atoms with Gasteiger partial charge in [-0.25, -0.2) is 0 Å². The van der Waals surface area contributed by atoms with Crippen molar-refractivity contribution in [2.24, 2.45) is 5.84 Å². The van der Waals surface area contributed by atoms with Crippen LogP contribution in [-0.4, -0.2) is 41.1 Å². The Balaban J connectivity index is 2.20. The number of hydrazine groups is 1. The zero-order valence-electron chi connectivity index (χ0n) is 10.6. The van der Waals surface area contributed by atoms with Gasteiger partial charge in [0, 0.05) is 25.5 Å². The number of anilines is 1. The van der Waals surface area contributed by atoms with Crippen LogP contribution in [0.3, 0.4) is 0 Å². The van der Waals surface area contributed by atoms with Crippen LogP contribution < -0.4 is 11.3 Å². The first-order chi connectivity index (χ1) is 8.53. The van der Waals surface area contributed by atoms with E-state index < -0.39 is 0 Å². The van der Waals surface area contributed by atoms with Gasteiger partial charge in [0.2, 0.25) is 0 Å². The van der Waals surface area contributed by atoms with Gasteiger partial charge in [0.1, 0.15) is 0 Å². The van der Waals surface area contributed by atoms with Gasteiger partial charge in [0.15, 0.2) is 0 Å². The van der Waals surface area contributed by atoms with Crippen molar-refractivity contribution in [3.63, 3.8) is 0 Å². The number of hydrogen-bond donors (Lipinski definition) is 2. The molecule has 1 aromatic rings. The van der Waals surface area contributed by atoms with Crippen molar-refractivity contribution in [1.82, 2.24) is 9.88 Å². The number of morpholine rings is 1. The van der Waals surface area contributed by atoms with Crippen LogP contribution in [0, 0.1) is 0 Å². The van der Waals surface area contributed by atoms with Crippen LogP contribution in [0.25, 0.3) is 0 Å². The van der Waals surface area contributed by atoms with E-state index >= 15 is 0 Å². The normalized spacial score (nSPS) is 18.5. The van der Waals surface area contributed by atoms with Gasteiger partial charge in [-0.15, -0.1) is 0 Å². The second kappa shape index (κ2) is 4.91. The number of nitrogens with two attached hydrogens (primary N) is 1. The van der Waals surface area contributed by atoms with E-state index in [-0.39, 0.29) is 11.5 Å². The lowest BCUT2D eigenvalue weighted by molar-refractivity contribution is -0.0763. The van der Waals surface area contributed by atoms with Crippen LogP contribution in [0.15, 0.2) is 18.5 Å². The number of hydrogen-bond acceptors (Lipinski definition) is 5. The Hall–Kier alpha value is -1.66. The summed E-state index contributed by atoms with van der Waals surface area (Å²) in [6.45, 7) is 5.63. The molecule has 0 atom stereocenters. The zero-order valence-corrected chi connectivity index (χ0v) is 10.6. The van der Waals surface area contributed by atoms with Gasteiger partial charge < -0.3 is 15.1 Å². The molecule has 1 fully saturated rings. The van der Waals surface area contributed by atoms with Crippen molar-refractivity contribution >= 4 is 11.6 Å². The molecule has 2 heterocycles. The van der Waals surface area contributed by atoms with E-state index in [0.29, 0.717) is 30.9 Å². The SMILES string of the molecule is CC1(C)CN(C(=O)c2cnccc2NN)CCO1. The van der Waals surface area contributed by atoms with Crippen molar-refractivity contribution < 1.29 is 9.53 Å². The first kappa shape index (κ1) is 12.8. The predicted molar refractivity (Wildman–Crippen MR) is 68.0 cm³/mol. The average molecular weight is 250 g/mol. The van der Waals surface area contributed by atoms with Gasteiger partial charge in [-0.3, -0.25) is 15.6 Å². The third-order valence-electron chi connectivity index (χ3n) is 2.92. The molecule has 0 spiro atoms. The molecule has 18 heavy (non-hydrogen) atoms. The van der Waals surface area contributed by atoms with E-state index in [1.54, 1.807) is 17.2 Å². The Morgan fingerprint density at radius 2 is 2.39 bits per heavy atom. The van der Waals surface area contributed by atoms with E-state index in [4.69, 9.17) is 10.6 Å². The number of rotatable bonds is 2. The summed E-state index contributed by atoms with van der Waals surface area (Å²) in [6.07, 6.45) is 3.12. The zero-order chi connectivity index (χ0) is 13.2. The first-order valence-electron chi connectivity index (χ1n) is 5.87. The monoisotopic (exact) mass is 250 g/mol. The van der Waals surface area contributed by atoms with Gasteiger partial charge in [0.25, 0.3) is 5.91 Å². The lowest BCUT2D eigenvalue weighted by Crippen LogP contribution is -2.50. The second-order valence-corrected chi connectivity index (χ2v) is 4.90. The topological polar surface area (TPSA) is 80.5 Å². The van der Waals surface area contributed by atoms with E-state index in [1.807, 2.05) is 13.8 Å². The molecule has 0 aliphatic carbocycles. The van der Waals surface area contributed by atoms with E-state index in [9.17, 15) is 4.79 Å². The Morgan fingerprint density at radius 1 is 1.61 bits per heavy atom. The average Bonchev–Trinajstić information content (AvgIpc) is 2.36. The highest BCUT2D eigenvalue weighted by Gasteiger charge is 2.31. The first-order valence-corrected chi connectivity index (χ1v) is 5.87. The number of aromatic nitrogens is 1. The van der Waals surface area contributed by atoms with E-state index in [2.05, 4.69) is 10.4 Å². The lowest BCUT2D eigenvalue weighted by Gasteiger charge is -2.38. The van der Waals surface area contributed by atoms with Gasteiger partial charge >= 0.3 is 0 Å². The summed E-state index contributed by atoms with van der Waals surface area (Å²) < 4.78 is 5.59. The summed E-state index contributed by atoms with van der Waals surface area (Å²) in [5.74, 6) is 5.32. The number of carbonyl (C=O) groups excluding carboxylic acids is 1. The number of nitrogens with zero attached hydrogens (tertiary/aromatic N) is 2. The number of amides is 1. The largest absolute Gasteiger partial charge is 0.372 e. The number of nitrogen functional groups attached to an aromatic ring is 1. The van der Waals surface area contributed by atoms with Gasteiger partial charge in [-0.1, -0.05) is 0 Å². The maximum atomic E-state index is 12.4. The van der Waals surface area contributed by atoms with Gasteiger partial charge in [-0.2, -0.15) is 0 Å². The van der Waals surface area contributed by atoms with Crippen LogP contribution in [0.4, 0.5) is 5.69 Å². The van der Waals surface area contributed by atoms with E-state index in [0.717, 1.165) is 0 Å². The highest BCUT2D eigenvalue weighted by atomic mass is 16.5. The molecule has 0 bridgehead atoms. The van der Waals surface area contributed by atoms with Crippen molar-refractivity contribution in [1.29, 1.82) is 0 Å². The maximum absolute atomic E-state index is 12.4. The number of pyridine rings is 1. The fourth-order valence-corrected chi connectivity index (χ4v) is 2.05. The lowest BCUT2D eigenvalue weighted by atomic mass is 10.1. The summed E-state index contributed by atoms with van der Waals surface area (Å²) in [5, 5.41) is 0. The second-order valence-electron chi connectivity index (χ2n) is 4.90. The Kier molecular flexibility index (Phi) is 3.49. The van der Waals surface area contributed by atoms with E-state index in [1.165, 1.54) is 6.20 Å². The molecule has 98 valence electrons. The minimum Gasteiger partial charge on any atom is -0.372 e. The highest BCUT2D eigenvalue weighted by Crippen LogP contribution is 2.21. The molecule has 0 aromatic carbocycles. The summed E-state index contributed by atoms with van der Waals surface area (Å²) in [7, 11) is 0. The van der Waals surface area contributed by atoms with Crippen molar-refractivity contribution in [2.75, 3.05) is 25.1 Å². The predicted octanol–water partition coefficient (Wildman–Crippen LogP) is 0.618. The molecule has 1 amide bonds. The van der Waals surface area contributed by atoms with Crippen LogP contribution in [0.2, 0.25) is 0 Å². The molecule has 6 heteroatoms. The molecular weight excluding hydrogens is 232 g/mol. The molecule has 0 unspecified atom stereocenters. The van der Waals surface area contributed by atoms with Crippen LogP contribution in [0.5, 0.6) is 0 Å². The number of nitrogens with one attached hydrogen (secondary N) is 1. The molecule has 1 aromatic heterocycles. The Morgan fingerprint density at radius 3 is 3.06 bits per heavy atom. The Bertz CT molecular complexity index is 447.